The van der Waals surface area contributed by atoms with Crippen LogP contribution in [0.1, 0.15) is 27.5 Å². The molecule has 0 aliphatic rings. The fourth-order valence-electron chi connectivity index (χ4n) is 3.52. The number of likely N-dealkylation sites (N-methyl/N-ethyl adjacent to an activating group) is 1. The van der Waals surface area contributed by atoms with Crippen molar-refractivity contribution in [3.63, 3.8) is 0 Å². The first-order chi connectivity index (χ1) is 15.7. The first-order valence-electron chi connectivity index (χ1n) is 10.5. The molecule has 7 nitrogen and oxygen atoms in total. The predicted molar refractivity (Wildman–Crippen MR) is 130 cm³/mol. The summed E-state index contributed by atoms with van der Waals surface area (Å²) in [5.74, 6) is 0.0646. The number of hydrogen-bond donors (Lipinski definition) is 2. The van der Waals surface area contributed by atoms with Gasteiger partial charge in [0.05, 0.1) is 23.7 Å². The molecule has 3 aromatic carbocycles. The quantitative estimate of drug-likeness (QED) is 0.499. The second-order valence-electron chi connectivity index (χ2n) is 7.89. The maximum Gasteiger partial charge on any atom is 0.262 e. The second-order valence-corrected chi connectivity index (χ2v) is 9.54. The van der Waals surface area contributed by atoms with E-state index >= 15 is 0 Å². The largest absolute Gasteiger partial charge is 0.495 e. The van der Waals surface area contributed by atoms with Gasteiger partial charge in [0.2, 0.25) is 0 Å². The highest BCUT2D eigenvalue weighted by Gasteiger charge is 2.21. The second kappa shape index (κ2) is 10.5. The monoisotopic (exact) mass is 467 g/mol. The molecule has 0 saturated carbocycles. The first kappa shape index (κ1) is 24.3. The van der Waals surface area contributed by atoms with Gasteiger partial charge in [0.1, 0.15) is 5.75 Å². The van der Waals surface area contributed by atoms with Crippen LogP contribution in [0.15, 0.2) is 77.7 Å². The Bertz CT molecular complexity index is 1210. The van der Waals surface area contributed by atoms with Gasteiger partial charge in [0.25, 0.3) is 15.9 Å². The van der Waals surface area contributed by atoms with E-state index in [0.29, 0.717) is 23.5 Å². The van der Waals surface area contributed by atoms with Crippen molar-refractivity contribution in [2.24, 2.45) is 0 Å². The molecule has 0 fully saturated rings. The molecule has 0 saturated heterocycles. The number of benzene rings is 3. The average Bonchev–Trinajstić information content (AvgIpc) is 2.80. The smallest absolute Gasteiger partial charge is 0.262 e. The van der Waals surface area contributed by atoms with Gasteiger partial charge in [-0.25, -0.2) is 8.42 Å². The van der Waals surface area contributed by atoms with Crippen LogP contribution in [0.2, 0.25) is 0 Å². The van der Waals surface area contributed by atoms with Gasteiger partial charge in [0.15, 0.2) is 0 Å². The molecule has 3 rings (SSSR count). The fourth-order valence-corrected chi connectivity index (χ4v) is 4.87. The molecule has 1 amide bonds. The number of amides is 1. The lowest BCUT2D eigenvalue weighted by Gasteiger charge is -2.25. The van der Waals surface area contributed by atoms with Crippen molar-refractivity contribution < 1.29 is 17.9 Å². The highest BCUT2D eigenvalue weighted by Crippen LogP contribution is 2.27. The zero-order valence-electron chi connectivity index (χ0n) is 19.2. The molecule has 0 radical (unpaired) electrons. The van der Waals surface area contributed by atoms with E-state index in [4.69, 9.17) is 4.74 Å². The predicted octanol–water partition coefficient (Wildman–Crippen LogP) is 3.84. The summed E-state index contributed by atoms with van der Waals surface area (Å²) in [6.07, 6.45) is 0. The third-order valence-corrected chi connectivity index (χ3v) is 6.86. The van der Waals surface area contributed by atoms with Gasteiger partial charge < -0.3 is 15.0 Å². The van der Waals surface area contributed by atoms with Gasteiger partial charge in [-0.2, -0.15) is 0 Å². The summed E-state index contributed by atoms with van der Waals surface area (Å²) in [7, 11) is 1.43. The number of nitrogens with zero attached hydrogens (tertiary/aromatic N) is 1. The summed E-state index contributed by atoms with van der Waals surface area (Å²) >= 11 is 0. The van der Waals surface area contributed by atoms with Gasteiger partial charge in [-0.05, 0) is 56.4 Å². The molecular formula is C25H29N3O4S. The van der Waals surface area contributed by atoms with E-state index in [0.717, 1.165) is 5.56 Å². The highest BCUT2D eigenvalue weighted by molar-refractivity contribution is 7.92. The van der Waals surface area contributed by atoms with Crippen LogP contribution in [0.5, 0.6) is 5.75 Å². The van der Waals surface area contributed by atoms with Gasteiger partial charge >= 0.3 is 0 Å². The zero-order chi connectivity index (χ0) is 24.0. The van der Waals surface area contributed by atoms with E-state index in [9.17, 15) is 13.2 Å². The van der Waals surface area contributed by atoms with E-state index < -0.39 is 10.0 Å². The summed E-state index contributed by atoms with van der Waals surface area (Å²) in [5, 5.41) is 2.93. The van der Waals surface area contributed by atoms with Crippen molar-refractivity contribution >= 4 is 21.6 Å². The van der Waals surface area contributed by atoms with Gasteiger partial charge in [-0.3, -0.25) is 9.52 Å². The Morgan fingerprint density at radius 2 is 1.67 bits per heavy atom. The number of methoxy groups -OCH3 is 1. The Kier molecular flexibility index (Phi) is 7.73. The molecule has 0 spiro atoms. The van der Waals surface area contributed by atoms with Crippen molar-refractivity contribution in [3.8, 4) is 5.75 Å². The molecule has 8 heteroatoms. The number of anilines is 1. The van der Waals surface area contributed by atoms with Crippen molar-refractivity contribution in [1.29, 1.82) is 0 Å². The summed E-state index contributed by atoms with van der Waals surface area (Å²) in [4.78, 5) is 14.9. The molecule has 174 valence electrons. The van der Waals surface area contributed by atoms with Crippen molar-refractivity contribution in [1.82, 2.24) is 10.2 Å². The van der Waals surface area contributed by atoms with Gasteiger partial charge in [-0.1, -0.05) is 48.5 Å². The topological polar surface area (TPSA) is 87.7 Å². The van der Waals surface area contributed by atoms with Crippen LogP contribution in [-0.2, 0) is 10.0 Å². The summed E-state index contributed by atoms with van der Waals surface area (Å²) in [6, 6.07) is 21.3. The molecular weight excluding hydrogens is 438 g/mol. The lowest BCUT2D eigenvalue weighted by atomic mass is 10.1. The van der Waals surface area contributed by atoms with Crippen LogP contribution in [-0.4, -0.2) is 47.0 Å². The van der Waals surface area contributed by atoms with E-state index in [1.807, 2.05) is 49.3 Å². The number of para-hydroxylation sites is 2. The van der Waals surface area contributed by atoms with Crippen LogP contribution < -0.4 is 14.8 Å². The fraction of sp³-hybridized carbons (Fsp3) is 0.240. The van der Waals surface area contributed by atoms with E-state index in [-0.39, 0.29) is 22.4 Å². The Balaban J connectivity index is 1.81. The minimum Gasteiger partial charge on any atom is -0.495 e. The molecule has 0 aromatic heterocycles. The Morgan fingerprint density at radius 3 is 2.33 bits per heavy atom. The normalized spacial score (nSPS) is 12.3. The number of rotatable bonds is 9. The molecule has 0 heterocycles. The van der Waals surface area contributed by atoms with Crippen molar-refractivity contribution in [2.75, 3.05) is 32.5 Å². The SMILES string of the molecule is COc1ccccc1NS(=O)(=O)c1cc(C(=O)NC[C@H](c2ccccc2)N(C)C)ccc1C. The molecule has 0 unspecified atom stereocenters. The number of aryl methyl sites for hydroxylation is 1. The summed E-state index contributed by atoms with van der Waals surface area (Å²) in [5.41, 5.74) is 2.21. The van der Waals surface area contributed by atoms with E-state index in [1.54, 1.807) is 43.3 Å². The van der Waals surface area contributed by atoms with E-state index in [2.05, 4.69) is 10.0 Å². The number of carbonyl (C=O) groups excluding carboxylic acids is 1. The van der Waals surface area contributed by atoms with Crippen LogP contribution in [0.4, 0.5) is 5.69 Å². The molecule has 1 atom stereocenters. The molecule has 0 aliphatic heterocycles. The van der Waals surface area contributed by atoms with E-state index in [1.165, 1.54) is 13.2 Å². The maximum absolute atomic E-state index is 13.1. The third kappa shape index (κ3) is 5.91. The van der Waals surface area contributed by atoms with Crippen LogP contribution in [0.25, 0.3) is 0 Å². The zero-order valence-corrected chi connectivity index (χ0v) is 20.0. The first-order valence-corrected chi connectivity index (χ1v) is 12.0. The summed E-state index contributed by atoms with van der Waals surface area (Å²) < 4.78 is 34.0. The minimum absolute atomic E-state index is 0.0176. The van der Waals surface area contributed by atoms with Crippen LogP contribution in [0, 0.1) is 6.92 Å². The van der Waals surface area contributed by atoms with Crippen LogP contribution in [0.3, 0.4) is 0 Å². The maximum atomic E-state index is 13.1. The standard InChI is InChI=1S/C25H29N3O4S/c1-18-14-15-20(25(29)26-17-22(28(2)3)19-10-6-5-7-11-19)16-24(18)33(30,31)27-21-12-8-9-13-23(21)32-4/h5-16,22,27H,17H2,1-4H3,(H,26,29)/t22-/m1/s1. The average molecular weight is 468 g/mol. The minimum atomic E-state index is -3.94. The molecule has 33 heavy (non-hydrogen) atoms. The lowest BCUT2D eigenvalue weighted by molar-refractivity contribution is 0.0941. The number of ether oxygens (including phenoxy) is 1. The number of hydrogen-bond acceptors (Lipinski definition) is 5. The number of carbonyl (C=O) groups is 1. The summed E-state index contributed by atoms with van der Waals surface area (Å²) in [6.45, 7) is 2.07. The molecule has 2 N–H and O–H groups in total. The molecule has 0 bridgehead atoms. The van der Waals surface area contributed by atoms with Gasteiger partial charge in [-0.15, -0.1) is 0 Å². The Morgan fingerprint density at radius 1 is 1.00 bits per heavy atom. The van der Waals surface area contributed by atoms with Crippen molar-refractivity contribution in [2.45, 2.75) is 17.9 Å². The number of sulfonamides is 1. The molecule has 3 aromatic rings. The Hall–Kier alpha value is -3.36. The Labute approximate surface area is 195 Å². The highest BCUT2D eigenvalue weighted by atomic mass is 32.2. The van der Waals surface area contributed by atoms with Crippen LogP contribution >= 0.6 is 0 Å². The van der Waals surface area contributed by atoms with Crippen molar-refractivity contribution in [3.05, 3.63) is 89.5 Å². The number of nitrogens with one attached hydrogen (secondary N) is 2. The molecule has 0 aliphatic carbocycles. The van der Waals surface area contributed by atoms with Gasteiger partial charge in [0, 0.05) is 12.1 Å². The third-order valence-electron chi connectivity index (χ3n) is 5.35. The lowest BCUT2D eigenvalue weighted by Crippen LogP contribution is -2.34.